The largest absolute Gasteiger partial charge is 0.362 e. The standard InChI is InChI=1S/C28H37BrN6O/c1-19(36)31-24(16-20-8-12-22(29)13-9-20)18-30-17-21-10-14-23(15-11-21)32-28-33-26-7-5-4-6-25(26)27(34-28)35(2)3/h4-9,12-13,21,23-24,30H,10-11,14-18H2,1-3H3,(H,31,36)(H,32,33,34)/t21-,23+,24?. The van der Waals surface area contributed by atoms with Gasteiger partial charge in [0.2, 0.25) is 11.9 Å². The zero-order valence-corrected chi connectivity index (χ0v) is 23.0. The highest BCUT2D eigenvalue weighted by Crippen LogP contribution is 2.28. The molecule has 1 heterocycles. The van der Waals surface area contributed by atoms with Gasteiger partial charge < -0.3 is 20.9 Å². The van der Waals surface area contributed by atoms with Gasteiger partial charge >= 0.3 is 0 Å². The molecule has 0 bridgehead atoms. The van der Waals surface area contributed by atoms with E-state index in [1.165, 1.54) is 5.56 Å². The molecule has 1 atom stereocenters. The number of hydrogen-bond donors (Lipinski definition) is 3. The predicted molar refractivity (Wildman–Crippen MR) is 152 cm³/mol. The summed E-state index contributed by atoms with van der Waals surface area (Å²) in [6, 6.07) is 16.9. The Bertz CT molecular complexity index is 1140. The smallest absolute Gasteiger partial charge is 0.225 e. The number of hydrogen-bond acceptors (Lipinski definition) is 6. The number of benzene rings is 2. The normalized spacial score (nSPS) is 18.6. The molecule has 2 aromatic carbocycles. The first-order valence-electron chi connectivity index (χ1n) is 12.8. The molecule has 1 aliphatic rings. The van der Waals surface area contributed by atoms with Crippen LogP contribution < -0.4 is 20.9 Å². The minimum absolute atomic E-state index is 0.0128. The lowest BCUT2D eigenvalue weighted by molar-refractivity contribution is -0.119. The highest BCUT2D eigenvalue weighted by Gasteiger charge is 2.22. The van der Waals surface area contributed by atoms with Crippen LogP contribution in [0, 0.1) is 5.92 Å². The average Bonchev–Trinajstić information content (AvgIpc) is 2.85. The summed E-state index contributed by atoms with van der Waals surface area (Å²) in [6.45, 7) is 3.33. The maximum absolute atomic E-state index is 11.7. The molecule has 3 aromatic rings. The molecule has 8 heteroatoms. The van der Waals surface area contributed by atoms with Crippen LogP contribution in [0.3, 0.4) is 0 Å². The molecule has 0 saturated heterocycles. The fourth-order valence-corrected chi connectivity index (χ4v) is 5.25. The Labute approximate surface area is 222 Å². The molecule has 1 aromatic heterocycles. The highest BCUT2D eigenvalue weighted by molar-refractivity contribution is 9.10. The van der Waals surface area contributed by atoms with Gasteiger partial charge in [-0.05, 0) is 74.4 Å². The van der Waals surface area contributed by atoms with Crippen LogP contribution in [0.15, 0.2) is 53.0 Å². The van der Waals surface area contributed by atoms with E-state index in [0.29, 0.717) is 17.9 Å². The lowest BCUT2D eigenvalue weighted by Gasteiger charge is -2.30. The maximum Gasteiger partial charge on any atom is 0.225 e. The van der Waals surface area contributed by atoms with Crippen LogP contribution >= 0.6 is 15.9 Å². The molecule has 192 valence electrons. The molecular weight excluding hydrogens is 516 g/mol. The number of nitrogens with one attached hydrogen (secondary N) is 3. The van der Waals surface area contributed by atoms with E-state index in [0.717, 1.165) is 66.4 Å². The summed E-state index contributed by atoms with van der Waals surface area (Å²) < 4.78 is 1.07. The van der Waals surface area contributed by atoms with Crippen molar-refractivity contribution in [2.75, 3.05) is 37.4 Å². The van der Waals surface area contributed by atoms with E-state index in [1.54, 1.807) is 6.92 Å². The molecular formula is C28H37BrN6O. The van der Waals surface area contributed by atoms with Gasteiger partial charge in [0.15, 0.2) is 0 Å². The van der Waals surface area contributed by atoms with Gasteiger partial charge in [0, 0.05) is 49.5 Å². The molecule has 0 spiro atoms. The summed E-state index contributed by atoms with van der Waals surface area (Å²) >= 11 is 3.48. The number of halogens is 1. The minimum atomic E-state index is 0.0128. The zero-order chi connectivity index (χ0) is 25.5. The summed E-state index contributed by atoms with van der Waals surface area (Å²) in [5.74, 6) is 2.31. The third kappa shape index (κ3) is 7.40. The van der Waals surface area contributed by atoms with Crippen LogP contribution in [0.5, 0.6) is 0 Å². The van der Waals surface area contributed by atoms with Crippen molar-refractivity contribution >= 4 is 44.5 Å². The van der Waals surface area contributed by atoms with Gasteiger partial charge in [-0.2, -0.15) is 4.98 Å². The summed E-state index contributed by atoms with van der Waals surface area (Å²) in [5, 5.41) is 11.4. The molecule has 7 nitrogen and oxygen atoms in total. The van der Waals surface area contributed by atoms with Gasteiger partial charge in [-0.3, -0.25) is 4.79 Å². The molecule has 1 aliphatic carbocycles. The van der Waals surface area contributed by atoms with E-state index < -0.39 is 0 Å². The Morgan fingerprint density at radius 1 is 1.06 bits per heavy atom. The van der Waals surface area contributed by atoms with Crippen molar-refractivity contribution in [3.63, 3.8) is 0 Å². The second kappa shape index (κ2) is 12.5. The van der Waals surface area contributed by atoms with Crippen LogP contribution in [0.25, 0.3) is 10.9 Å². The fourth-order valence-electron chi connectivity index (χ4n) is 4.99. The molecule has 1 fully saturated rings. The Hall–Kier alpha value is -2.71. The van der Waals surface area contributed by atoms with Crippen LogP contribution in [-0.2, 0) is 11.2 Å². The van der Waals surface area contributed by atoms with Crippen molar-refractivity contribution in [2.45, 2.75) is 51.1 Å². The first kappa shape index (κ1) is 26.4. The first-order valence-corrected chi connectivity index (χ1v) is 13.6. The Kier molecular flexibility index (Phi) is 9.15. The van der Waals surface area contributed by atoms with E-state index >= 15 is 0 Å². The Morgan fingerprint density at radius 3 is 2.47 bits per heavy atom. The molecule has 0 aliphatic heterocycles. The second-order valence-corrected chi connectivity index (χ2v) is 10.9. The number of para-hydroxylation sites is 1. The van der Waals surface area contributed by atoms with E-state index in [-0.39, 0.29) is 11.9 Å². The van der Waals surface area contributed by atoms with Gasteiger partial charge in [0.25, 0.3) is 0 Å². The lowest BCUT2D eigenvalue weighted by atomic mass is 9.86. The zero-order valence-electron chi connectivity index (χ0n) is 21.4. The van der Waals surface area contributed by atoms with E-state index in [9.17, 15) is 4.79 Å². The van der Waals surface area contributed by atoms with Crippen molar-refractivity contribution in [2.24, 2.45) is 5.92 Å². The summed E-state index contributed by atoms with van der Waals surface area (Å²) in [6.07, 6.45) is 5.35. The Morgan fingerprint density at radius 2 is 1.78 bits per heavy atom. The predicted octanol–water partition coefficient (Wildman–Crippen LogP) is 4.77. The number of nitrogens with zero attached hydrogens (tertiary/aromatic N) is 3. The van der Waals surface area contributed by atoms with E-state index in [1.807, 2.05) is 49.3 Å². The van der Waals surface area contributed by atoms with Crippen molar-refractivity contribution < 1.29 is 4.79 Å². The van der Waals surface area contributed by atoms with Crippen molar-refractivity contribution in [1.82, 2.24) is 20.6 Å². The molecule has 1 unspecified atom stereocenters. The Balaban J connectivity index is 1.25. The van der Waals surface area contributed by atoms with Gasteiger partial charge in [-0.1, -0.05) is 40.2 Å². The highest BCUT2D eigenvalue weighted by atomic mass is 79.9. The van der Waals surface area contributed by atoms with Crippen molar-refractivity contribution in [3.05, 3.63) is 58.6 Å². The average molecular weight is 554 g/mol. The molecule has 0 radical (unpaired) electrons. The van der Waals surface area contributed by atoms with Crippen LogP contribution in [0.1, 0.15) is 38.2 Å². The van der Waals surface area contributed by atoms with Gasteiger partial charge in [-0.25, -0.2) is 4.98 Å². The van der Waals surface area contributed by atoms with E-state index in [2.05, 4.69) is 50.1 Å². The van der Waals surface area contributed by atoms with E-state index in [4.69, 9.17) is 9.97 Å². The number of rotatable bonds is 10. The van der Waals surface area contributed by atoms with Crippen molar-refractivity contribution in [3.8, 4) is 0 Å². The van der Waals surface area contributed by atoms with Crippen LogP contribution in [0.2, 0.25) is 0 Å². The first-order chi connectivity index (χ1) is 17.4. The topological polar surface area (TPSA) is 82.2 Å². The van der Waals surface area contributed by atoms with Crippen molar-refractivity contribution in [1.29, 1.82) is 0 Å². The van der Waals surface area contributed by atoms with Crippen LogP contribution in [0.4, 0.5) is 11.8 Å². The van der Waals surface area contributed by atoms with Crippen LogP contribution in [-0.4, -0.2) is 55.1 Å². The number of anilines is 2. The summed E-state index contributed by atoms with van der Waals surface area (Å²) in [4.78, 5) is 23.3. The summed E-state index contributed by atoms with van der Waals surface area (Å²) in [5.41, 5.74) is 2.19. The summed E-state index contributed by atoms with van der Waals surface area (Å²) in [7, 11) is 4.04. The molecule has 3 N–H and O–H groups in total. The second-order valence-electron chi connectivity index (χ2n) is 10.0. The molecule has 1 saturated carbocycles. The fraction of sp³-hybridized carbons (Fsp3) is 0.464. The third-order valence-corrected chi connectivity index (χ3v) is 7.34. The minimum Gasteiger partial charge on any atom is -0.362 e. The molecule has 4 rings (SSSR count). The number of fused-ring (bicyclic) bond motifs is 1. The SMILES string of the molecule is CC(=O)NC(CNC[C@H]1CC[C@@H](Nc2nc(N(C)C)c3ccccc3n2)CC1)Cc1ccc(Br)cc1. The molecule has 36 heavy (non-hydrogen) atoms. The molecule has 1 amide bonds. The lowest BCUT2D eigenvalue weighted by Crippen LogP contribution is -2.44. The third-order valence-electron chi connectivity index (χ3n) is 6.81. The quantitative estimate of drug-likeness (QED) is 0.336. The number of amides is 1. The van der Waals surface area contributed by atoms with Gasteiger partial charge in [-0.15, -0.1) is 0 Å². The monoisotopic (exact) mass is 552 g/mol. The number of carbonyl (C=O) groups excluding carboxylic acids is 1. The van der Waals surface area contributed by atoms with Gasteiger partial charge in [0.1, 0.15) is 5.82 Å². The maximum atomic E-state index is 11.7. The number of aromatic nitrogens is 2. The van der Waals surface area contributed by atoms with Gasteiger partial charge in [0.05, 0.1) is 5.52 Å². The number of carbonyl (C=O) groups is 1.